The summed E-state index contributed by atoms with van der Waals surface area (Å²) in [6, 6.07) is 5.95. The lowest BCUT2D eigenvalue weighted by Gasteiger charge is -2.13. The molecule has 23 heavy (non-hydrogen) atoms. The second kappa shape index (κ2) is 5.52. The third-order valence-electron chi connectivity index (χ3n) is 3.38. The number of nitrogens with zero attached hydrogens (tertiary/aromatic N) is 4. The minimum atomic E-state index is -0.511. The molecule has 2 heterocycles. The van der Waals surface area contributed by atoms with Crippen LogP contribution in [0.2, 0.25) is 0 Å². The molecule has 1 N–H and O–H groups in total. The summed E-state index contributed by atoms with van der Waals surface area (Å²) in [6.45, 7) is 2.01. The SMILES string of the molecule is Cc1cc(CN(C)C(=O)c2n[nH]c3ccc([N+](=O)[O-])cc23)no1. The van der Waals surface area contributed by atoms with Gasteiger partial charge in [0.05, 0.1) is 17.0 Å². The first-order valence-corrected chi connectivity index (χ1v) is 6.76. The molecule has 0 unspecified atom stereocenters. The summed E-state index contributed by atoms with van der Waals surface area (Å²) < 4.78 is 4.96. The van der Waals surface area contributed by atoms with E-state index < -0.39 is 4.92 Å². The first-order valence-electron chi connectivity index (χ1n) is 6.76. The van der Waals surface area contributed by atoms with Crippen LogP contribution >= 0.6 is 0 Å². The van der Waals surface area contributed by atoms with Crippen molar-refractivity contribution in [1.29, 1.82) is 0 Å². The Morgan fingerprint density at radius 1 is 1.43 bits per heavy atom. The lowest BCUT2D eigenvalue weighted by molar-refractivity contribution is -0.384. The highest BCUT2D eigenvalue weighted by Crippen LogP contribution is 2.23. The molecule has 0 aliphatic carbocycles. The van der Waals surface area contributed by atoms with Crippen LogP contribution in [0.3, 0.4) is 0 Å². The smallest absolute Gasteiger partial charge is 0.275 e. The fourth-order valence-electron chi connectivity index (χ4n) is 2.27. The Labute approximate surface area is 130 Å². The zero-order chi connectivity index (χ0) is 16.6. The summed E-state index contributed by atoms with van der Waals surface area (Å²) >= 11 is 0. The van der Waals surface area contributed by atoms with Crippen molar-refractivity contribution in [1.82, 2.24) is 20.3 Å². The predicted octanol–water partition coefficient (Wildman–Crippen LogP) is 2.04. The minimum absolute atomic E-state index is 0.0947. The number of aromatic nitrogens is 3. The summed E-state index contributed by atoms with van der Waals surface area (Å²) in [4.78, 5) is 24.3. The van der Waals surface area contributed by atoms with Gasteiger partial charge in [-0.3, -0.25) is 20.0 Å². The second-order valence-corrected chi connectivity index (χ2v) is 5.15. The number of fused-ring (bicyclic) bond motifs is 1. The highest BCUT2D eigenvalue weighted by atomic mass is 16.6. The van der Waals surface area contributed by atoms with Crippen LogP contribution < -0.4 is 0 Å². The van der Waals surface area contributed by atoms with Crippen molar-refractivity contribution in [2.45, 2.75) is 13.5 Å². The quantitative estimate of drug-likeness (QED) is 0.581. The van der Waals surface area contributed by atoms with Gasteiger partial charge in [0, 0.05) is 30.6 Å². The van der Waals surface area contributed by atoms with E-state index in [0.29, 0.717) is 22.4 Å². The predicted molar refractivity (Wildman–Crippen MR) is 79.8 cm³/mol. The van der Waals surface area contributed by atoms with Crippen molar-refractivity contribution >= 4 is 22.5 Å². The third-order valence-corrected chi connectivity index (χ3v) is 3.38. The number of nitrogens with one attached hydrogen (secondary N) is 1. The van der Waals surface area contributed by atoms with Gasteiger partial charge in [-0.15, -0.1) is 0 Å². The van der Waals surface area contributed by atoms with E-state index in [9.17, 15) is 14.9 Å². The number of nitro benzene ring substituents is 1. The van der Waals surface area contributed by atoms with Crippen molar-refractivity contribution in [3.05, 3.63) is 51.5 Å². The van der Waals surface area contributed by atoms with Crippen LogP contribution in [0, 0.1) is 17.0 Å². The molecule has 9 heteroatoms. The summed E-state index contributed by atoms with van der Waals surface area (Å²) in [5, 5.41) is 21.8. The summed E-state index contributed by atoms with van der Waals surface area (Å²) in [5.41, 5.74) is 1.21. The Morgan fingerprint density at radius 3 is 2.87 bits per heavy atom. The molecule has 2 aromatic heterocycles. The van der Waals surface area contributed by atoms with E-state index in [2.05, 4.69) is 15.4 Å². The number of H-pyrrole nitrogens is 1. The Hall–Kier alpha value is -3.23. The van der Waals surface area contributed by atoms with Gasteiger partial charge in [-0.1, -0.05) is 5.16 Å². The molecule has 0 aliphatic heterocycles. The average Bonchev–Trinajstić information content (AvgIpc) is 3.11. The van der Waals surface area contributed by atoms with Crippen LogP contribution in [0.15, 0.2) is 28.8 Å². The van der Waals surface area contributed by atoms with E-state index in [1.807, 2.05) is 0 Å². The molecule has 0 aliphatic rings. The maximum Gasteiger partial charge on any atom is 0.275 e. The topological polar surface area (TPSA) is 118 Å². The van der Waals surface area contributed by atoms with Crippen LogP contribution in [-0.2, 0) is 6.54 Å². The standard InChI is InChI=1S/C14H13N5O4/c1-8-5-9(17-23-8)7-18(2)14(20)13-11-6-10(19(21)22)3-4-12(11)15-16-13/h3-6H,7H2,1-2H3,(H,15,16). The van der Waals surface area contributed by atoms with Gasteiger partial charge in [-0.25, -0.2) is 0 Å². The summed E-state index contributed by atoms with van der Waals surface area (Å²) in [5.74, 6) is 0.291. The molecule has 0 radical (unpaired) electrons. The van der Waals surface area contributed by atoms with Crippen molar-refractivity contribution < 1.29 is 14.2 Å². The van der Waals surface area contributed by atoms with Gasteiger partial charge >= 0.3 is 0 Å². The van der Waals surface area contributed by atoms with Gasteiger partial charge in [0.15, 0.2) is 5.69 Å². The van der Waals surface area contributed by atoms with Gasteiger partial charge in [0.1, 0.15) is 11.5 Å². The van der Waals surface area contributed by atoms with E-state index in [0.717, 1.165) is 0 Å². The van der Waals surface area contributed by atoms with Crippen molar-refractivity contribution in [2.75, 3.05) is 7.05 Å². The van der Waals surface area contributed by atoms with E-state index in [1.54, 1.807) is 20.0 Å². The van der Waals surface area contributed by atoms with Crippen LogP contribution in [0.25, 0.3) is 10.9 Å². The normalized spacial score (nSPS) is 10.9. The third kappa shape index (κ3) is 2.76. The fourth-order valence-corrected chi connectivity index (χ4v) is 2.27. The lowest BCUT2D eigenvalue weighted by atomic mass is 10.1. The van der Waals surface area contributed by atoms with Gasteiger partial charge in [0.2, 0.25) is 0 Å². The maximum atomic E-state index is 12.5. The summed E-state index contributed by atoms with van der Waals surface area (Å²) in [7, 11) is 1.60. The van der Waals surface area contributed by atoms with Crippen molar-refractivity contribution in [3.8, 4) is 0 Å². The molecule has 9 nitrogen and oxygen atoms in total. The lowest BCUT2D eigenvalue weighted by Crippen LogP contribution is -2.26. The highest BCUT2D eigenvalue weighted by Gasteiger charge is 2.21. The van der Waals surface area contributed by atoms with Gasteiger partial charge in [-0.05, 0) is 13.0 Å². The van der Waals surface area contributed by atoms with Gasteiger partial charge in [-0.2, -0.15) is 5.10 Å². The monoisotopic (exact) mass is 315 g/mol. The number of aromatic amines is 1. The molecule has 118 valence electrons. The maximum absolute atomic E-state index is 12.5. The number of amides is 1. The zero-order valence-corrected chi connectivity index (χ0v) is 12.4. The molecular formula is C14H13N5O4. The summed E-state index contributed by atoms with van der Waals surface area (Å²) in [6.07, 6.45) is 0. The molecule has 3 rings (SSSR count). The molecule has 1 aromatic carbocycles. The number of carbonyl (C=O) groups excluding carboxylic acids is 1. The average molecular weight is 315 g/mol. The zero-order valence-electron chi connectivity index (χ0n) is 12.4. The van der Waals surface area contributed by atoms with Crippen LogP contribution in [-0.4, -0.2) is 38.1 Å². The number of non-ortho nitro benzene ring substituents is 1. The number of hydrogen-bond acceptors (Lipinski definition) is 6. The minimum Gasteiger partial charge on any atom is -0.361 e. The second-order valence-electron chi connectivity index (χ2n) is 5.15. The molecule has 0 fully saturated rings. The molecule has 0 atom stereocenters. The largest absolute Gasteiger partial charge is 0.361 e. The fraction of sp³-hybridized carbons (Fsp3) is 0.214. The van der Waals surface area contributed by atoms with Crippen molar-refractivity contribution in [2.24, 2.45) is 0 Å². The van der Waals surface area contributed by atoms with Crippen LogP contribution in [0.5, 0.6) is 0 Å². The van der Waals surface area contributed by atoms with Gasteiger partial charge < -0.3 is 9.42 Å². The number of aryl methyl sites for hydroxylation is 1. The number of carbonyl (C=O) groups is 1. The molecule has 0 bridgehead atoms. The molecule has 0 saturated carbocycles. The van der Waals surface area contributed by atoms with E-state index in [4.69, 9.17) is 4.52 Å². The highest BCUT2D eigenvalue weighted by molar-refractivity contribution is 6.05. The van der Waals surface area contributed by atoms with Crippen LogP contribution in [0.1, 0.15) is 21.9 Å². The van der Waals surface area contributed by atoms with Crippen molar-refractivity contribution in [3.63, 3.8) is 0 Å². The Balaban J connectivity index is 1.90. The Morgan fingerprint density at radius 2 is 2.22 bits per heavy atom. The molecule has 0 spiro atoms. The van der Waals surface area contributed by atoms with E-state index >= 15 is 0 Å². The molecule has 3 aromatic rings. The number of nitro groups is 1. The first-order chi connectivity index (χ1) is 11.0. The molecular weight excluding hydrogens is 302 g/mol. The first kappa shape index (κ1) is 14.7. The molecule has 0 saturated heterocycles. The van der Waals surface area contributed by atoms with E-state index in [-0.39, 0.29) is 23.8 Å². The number of rotatable bonds is 4. The number of benzene rings is 1. The Kier molecular flexibility index (Phi) is 3.53. The molecule has 1 amide bonds. The van der Waals surface area contributed by atoms with E-state index in [1.165, 1.54) is 23.1 Å². The Bertz CT molecular complexity index is 898. The van der Waals surface area contributed by atoms with Crippen LogP contribution in [0.4, 0.5) is 5.69 Å². The number of hydrogen-bond donors (Lipinski definition) is 1. The van der Waals surface area contributed by atoms with Gasteiger partial charge in [0.25, 0.3) is 11.6 Å².